The molecule has 2 aromatic heterocycles. The van der Waals surface area contributed by atoms with Crippen LogP contribution >= 0.6 is 0 Å². The first-order valence-corrected chi connectivity index (χ1v) is 8.63. The standard InChI is InChI=1S/C18H25N5O2/c1-22-9-7-19-16(22)10-14-4-3-8-23(13-14)18(24)21-12-15-5-6-17(25-2)20-11-15/h5-7,9,11,14H,3-4,8,10,12-13H2,1-2H3,(H,21,24). The first-order valence-electron chi connectivity index (χ1n) is 8.63. The molecule has 1 N–H and O–H groups in total. The van der Waals surface area contributed by atoms with Gasteiger partial charge >= 0.3 is 6.03 Å². The Hall–Kier alpha value is -2.57. The molecule has 1 fully saturated rings. The number of nitrogens with one attached hydrogen (secondary N) is 1. The van der Waals surface area contributed by atoms with Gasteiger partial charge in [0.15, 0.2) is 0 Å². The van der Waals surface area contributed by atoms with Gasteiger partial charge in [-0.15, -0.1) is 0 Å². The Labute approximate surface area is 148 Å². The largest absolute Gasteiger partial charge is 0.481 e. The van der Waals surface area contributed by atoms with Crippen molar-refractivity contribution in [2.45, 2.75) is 25.8 Å². The number of pyridine rings is 1. The summed E-state index contributed by atoms with van der Waals surface area (Å²) in [7, 11) is 3.60. The lowest BCUT2D eigenvalue weighted by atomic mass is 9.94. The number of amides is 2. The van der Waals surface area contributed by atoms with Crippen LogP contribution in [0.25, 0.3) is 0 Å². The van der Waals surface area contributed by atoms with Crippen molar-refractivity contribution < 1.29 is 9.53 Å². The van der Waals surface area contributed by atoms with Crippen molar-refractivity contribution in [1.82, 2.24) is 24.8 Å². The molecule has 0 saturated carbocycles. The van der Waals surface area contributed by atoms with Gasteiger partial charge in [0.05, 0.1) is 7.11 Å². The van der Waals surface area contributed by atoms with Crippen molar-refractivity contribution >= 4 is 6.03 Å². The van der Waals surface area contributed by atoms with E-state index in [9.17, 15) is 4.79 Å². The number of hydrogen-bond donors (Lipinski definition) is 1. The molecule has 0 aliphatic carbocycles. The molecule has 7 heteroatoms. The molecule has 2 amide bonds. The molecule has 25 heavy (non-hydrogen) atoms. The van der Waals surface area contributed by atoms with E-state index in [1.807, 2.05) is 30.4 Å². The van der Waals surface area contributed by atoms with Gasteiger partial charge in [-0.3, -0.25) is 0 Å². The van der Waals surface area contributed by atoms with E-state index < -0.39 is 0 Å². The van der Waals surface area contributed by atoms with Gasteiger partial charge < -0.3 is 19.5 Å². The fraction of sp³-hybridized carbons (Fsp3) is 0.500. The lowest BCUT2D eigenvalue weighted by Crippen LogP contribution is -2.45. The van der Waals surface area contributed by atoms with Crippen LogP contribution in [0.3, 0.4) is 0 Å². The van der Waals surface area contributed by atoms with Crippen LogP contribution in [0.5, 0.6) is 5.88 Å². The molecular weight excluding hydrogens is 318 g/mol. The molecule has 7 nitrogen and oxygen atoms in total. The highest BCUT2D eigenvalue weighted by Gasteiger charge is 2.24. The number of aryl methyl sites for hydroxylation is 1. The second-order valence-corrected chi connectivity index (χ2v) is 6.48. The third kappa shape index (κ3) is 4.49. The zero-order chi connectivity index (χ0) is 17.6. The van der Waals surface area contributed by atoms with Crippen LogP contribution in [0, 0.1) is 5.92 Å². The zero-order valence-corrected chi connectivity index (χ0v) is 14.8. The maximum absolute atomic E-state index is 12.5. The molecule has 1 aliphatic heterocycles. The van der Waals surface area contributed by atoms with Crippen LogP contribution in [-0.2, 0) is 20.0 Å². The van der Waals surface area contributed by atoms with Crippen LogP contribution in [0.2, 0.25) is 0 Å². The molecule has 134 valence electrons. The SMILES string of the molecule is COc1ccc(CNC(=O)N2CCCC(Cc3nccn3C)C2)cn1. The van der Waals surface area contributed by atoms with E-state index in [0.717, 1.165) is 43.7 Å². The van der Waals surface area contributed by atoms with Crippen LogP contribution in [0.4, 0.5) is 4.79 Å². The average molecular weight is 343 g/mol. The van der Waals surface area contributed by atoms with E-state index in [4.69, 9.17) is 4.74 Å². The van der Waals surface area contributed by atoms with Gasteiger partial charge in [-0.1, -0.05) is 6.07 Å². The number of methoxy groups -OCH3 is 1. The molecule has 0 aromatic carbocycles. The Morgan fingerprint density at radius 1 is 1.40 bits per heavy atom. The minimum absolute atomic E-state index is 0.0136. The van der Waals surface area contributed by atoms with Gasteiger partial charge in [0.1, 0.15) is 5.82 Å². The maximum atomic E-state index is 12.5. The monoisotopic (exact) mass is 343 g/mol. The van der Waals surface area contributed by atoms with Crippen molar-refractivity contribution in [3.8, 4) is 5.88 Å². The number of ether oxygens (including phenoxy) is 1. The quantitative estimate of drug-likeness (QED) is 0.901. The van der Waals surface area contributed by atoms with E-state index in [1.54, 1.807) is 19.4 Å². The Balaban J connectivity index is 1.50. The predicted molar refractivity (Wildman–Crippen MR) is 94.2 cm³/mol. The number of imidazole rings is 1. The van der Waals surface area contributed by atoms with Gasteiger partial charge in [0, 0.05) is 57.8 Å². The molecule has 1 atom stereocenters. The normalized spacial score (nSPS) is 17.4. The van der Waals surface area contributed by atoms with E-state index in [-0.39, 0.29) is 6.03 Å². The van der Waals surface area contributed by atoms with Crippen LogP contribution in [0.1, 0.15) is 24.2 Å². The summed E-state index contributed by atoms with van der Waals surface area (Å²) in [6.45, 7) is 2.06. The van der Waals surface area contributed by atoms with Gasteiger partial charge in [0.2, 0.25) is 5.88 Å². The minimum atomic E-state index is -0.0136. The number of carbonyl (C=O) groups excluding carboxylic acids is 1. The number of rotatable bonds is 5. The Morgan fingerprint density at radius 3 is 2.96 bits per heavy atom. The summed E-state index contributed by atoms with van der Waals surface area (Å²) in [5.74, 6) is 2.11. The highest BCUT2D eigenvalue weighted by Crippen LogP contribution is 2.20. The molecule has 2 aromatic rings. The fourth-order valence-corrected chi connectivity index (χ4v) is 3.19. The third-order valence-electron chi connectivity index (χ3n) is 4.65. The minimum Gasteiger partial charge on any atom is -0.481 e. The van der Waals surface area contributed by atoms with E-state index >= 15 is 0 Å². The van der Waals surface area contributed by atoms with Crippen molar-refractivity contribution in [3.63, 3.8) is 0 Å². The summed E-state index contributed by atoms with van der Waals surface area (Å²) in [5, 5.41) is 2.98. The first kappa shape index (κ1) is 17.3. The number of carbonyl (C=O) groups is 1. The number of piperidine rings is 1. The maximum Gasteiger partial charge on any atom is 0.317 e. The summed E-state index contributed by atoms with van der Waals surface area (Å²) in [5.41, 5.74) is 0.954. The molecule has 3 rings (SSSR count). The molecule has 0 radical (unpaired) electrons. The van der Waals surface area contributed by atoms with Gasteiger partial charge in [-0.05, 0) is 24.3 Å². The number of hydrogen-bond acceptors (Lipinski definition) is 4. The molecule has 3 heterocycles. The molecule has 1 saturated heterocycles. The van der Waals surface area contributed by atoms with E-state index in [0.29, 0.717) is 18.3 Å². The molecule has 0 spiro atoms. The predicted octanol–water partition coefficient (Wildman–Crippen LogP) is 1.99. The van der Waals surface area contributed by atoms with Crippen molar-refractivity contribution in [2.24, 2.45) is 13.0 Å². The molecule has 1 aliphatic rings. The second kappa shape index (κ2) is 8.00. The highest BCUT2D eigenvalue weighted by molar-refractivity contribution is 5.74. The fourth-order valence-electron chi connectivity index (χ4n) is 3.19. The lowest BCUT2D eigenvalue weighted by Gasteiger charge is -2.32. The number of urea groups is 1. The van der Waals surface area contributed by atoms with Crippen molar-refractivity contribution in [1.29, 1.82) is 0 Å². The Kier molecular flexibility index (Phi) is 5.53. The molecule has 0 bridgehead atoms. The smallest absolute Gasteiger partial charge is 0.317 e. The topological polar surface area (TPSA) is 72.3 Å². The Bertz CT molecular complexity index is 698. The summed E-state index contributed by atoms with van der Waals surface area (Å²) in [6.07, 6.45) is 8.59. The van der Waals surface area contributed by atoms with Gasteiger partial charge in [0.25, 0.3) is 0 Å². The zero-order valence-electron chi connectivity index (χ0n) is 14.8. The Morgan fingerprint density at radius 2 is 2.28 bits per heavy atom. The van der Waals surface area contributed by atoms with Crippen LogP contribution in [-0.4, -0.2) is 45.7 Å². The van der Waals surface area contributed by atoms with Crippen LogP contribution in [0.15, 0.2) is 30.7 Å². The summed E-state index contributed by atoms with van der Waals surface area (Å²) >= 11 is 0. The second-order valence-electron chi connectivity index (χ2n) is 6.48. The van der Waals surface area contributed by atoms with E-state index in [1.165, 1.54) is 0 Å². The van der Waals surface area contributed by atoms with Gasteiger partial charge in [-0.25, -0.2) is 14.8 Å². The first-order chi connectivity index (χ1) is 12.2. The summed E-state index contributed by atoms with van der Waals surface area (Å²) < 4.78 is 7.09. The number of likely N-dealkylation sites (tertiary alicyclic amines) is 1. The molecular formula is C18H25N5O2. The highest BCUT2D eigenvalue weighted by atomic mass is 16.5. The van der Waals surface area contributed by atoms with E-state index in [2.05, 4.69) is 19.9 Å². The average Bonchev–Trinajstić information content (AvgIpc) is 3.05. The summed E-state index contributed by atoms with van der Waals surface area (Å²) in [6, 6.07) is 3.69. The summed E-state index contributed by atoms with van der Waals surface area (Å²) in [4.78, 5) is 22.9. The van der Waals surface area contributed by atoms with Gasteiger partial charge in [-0.2, -0.15) is 0 Å². The number of aromatic nitrogens is 3. The lowest BCUT2D eigenvalue weighted by molar-refractivity contribution is 0.164. The van der Waals surface area contributed by atoms with Crippen molar-refractivity contribution in [2.75, 3.05) is 20.2 Å². The van der Waals surface area contributed by atoms with Crippen LogP contribution < -0.4 is 10.1 Å². The van der Waals surface area contributed by atoms with Crippen molar-refractivity contribution in [3.05, 3.63) is 42.1 Å². The number of nitrogens with zero attached hydrogens (tertiary/aromatic N) is 4. The molecule has 1 unspecified atom stereocenters. The third-order valence-corrected chi connectivity index (χ3v) is 4.65.